The third-order valence-corrected chi connectivity index (χ3v) is 5.05. The van der Waals surface area contributed by atoms with Crippen molar-refractivity contribution in [2.45, 2.75) is 51.7 Å². The van der Waals surface area contributed by atoms with E-state index in [2.05, 4.69) is 6.92 Å². The average molecular weight is 283 g/mol. The summed E-state index contributed by atoms with van der Waals surface area (Å²) in [6.07, 6.45) is 3.16. The molecule has 5 nitrogen and oxygen atoms in total. The van der Waals surface area contributed by atoms with Crippen molar-refractivity contribution in [1.29, 1.82) is 0 Å². The summed E-state index contributed by atoms with van der Waals surface area (Å²) in [5.74, 6) is -1.38. The monoisotopic (exact) mass is 283 g/mol. The van der Waals surface area contributed by atoms with E-state index >= 15 is 0 Å². The Kier molecular flexibility index (Phi) is 4.68. The maximum atomic E-state index is 12.7. The SMILES string of the molecule is CCC1C[C@H](C(=O)N(C)C2CCOC2C)[C@H](C(=O)O)C1. The fourth-order valence-electron chi connectivity index (χ4n) is 3.68. The largest absolute Gasteiger partial charge is 0.481 e. The number of carbonyl (C=O) groups is 2. The number of ether oxygens (including phenoxy) is 1. The van der Waals surface area contributed by atoms with E-state index in [-0.39, 0.29) is 24.0 Å². The van der Waals surface area contributed by atoms with Crippen LogP contribution in [0, 0.1) is 17.8 Å². The van der Waals surface area contributed by atoms with Gasteiger partial charge in [-0.2, -0.15) is 0 Å². The van der Waals surface area contributed by atoms with E-state index in [1.807, 2.05) is 6.92 Å². The van der Waals surface area contributed by atoms with Crippen LogP contribution in [-0.2, 0) is 14.3 Å². The molecule has 0 aromatic rings. The molecule has 2 aliphatic rings. The van der Waals surface area contributed by atoms with Gasteiger partial charge in [-0.15, -0.1) is 0 Å². The molecule has 20 heavy (non-hydrogen) atoms. The number of aliphatic carboxylic acids is 1. The lowest BCUT2D eigenvalue weighted by Crippen LogP contribution is -2.45. The van der Waals surface area contributed by atoms with Crippen molar-refractivity contribution in [3.63, 3.8) is 0 Å². The van der Waals surface area contributed by atoms with Crippen LogP contribution in [0.2, 0.25) is 0 Å². The van der Waals surface area contributed by atoms with Crippen LogP contribution >= 0.6 is 0 Å². The molecule has 0 bridgehead atoms. The normalized spacial score (nSPS) is 37.0. The van der Waals surface area contributed by atoms with Crippen LogP contribution < -0.4 is 0 Å². The molecule has 3 unspecified atom stereocenters. The fraction of sp³-hybridized carbons (Fsp3) is 0.867. The Morgan fingerprint density at radius 2 is 1.95 bits per heavy atom. The van der Waals surface area contributed by atoms with Crippen LogP contribution in [0.5, 0.6) is 0 Å². The summed E-state index contributed by atoms with van der Waals surface area (Å²) < 4.78 is 5.51. The first-order chi connectivity index (χ1) is 9.45. The fourth-order valence-corrected chi connectivity index (χ4v) is 3.68. The lowest BCUT2D eigenvalue weighted by molar-refractivity contribution is -0.149. The zero-order chi connectivity index (χ0) is 14.9. The minimum atomic E-state index is -0.830. The molecule has 114 valence electrons. The summed E-state index contributed by atoms with van der Waals surface area (Å²) in [4.78, 5) is 25.8. The first-order valence-corrected chi connectivity index (χ1v) is 7.56. The van der Waals surface area contributed by atoms with E-state index in [4.69, 9.17) is 4.74 Å². The highest BCUT2D eigenvalue weighted by Crippen LogP contribution is 2.39. The Labute approximate surface area is 120 Å². The highest BCUT2D eigenvalue weighted by Gasteiger charge is 2.44. The van der Waals surface area contributed by atoms with Gasteiger partial charge >= 0.3 is 5.97 Å². The Bertz CT molecular complexity index is 384. The molecule has 5 heteroatoms. The lowest BCUT2D eigenvalue weighted by atomic mass is 9.94. The summed E-state index contributed by atoms with van der Waals surface area (Å²) >= 11 is 0. The van der Waals surface area contributed by atoms with Crippen molar-refractivity contribution in [2.24, 2.45) is 17.8 Å². The highest BCUT2D eigenvalue weighted by molar-refractivity contribution is 5.85. The third kappa shape index (κ3) is 2.82. The molecule has 1 amide bonds. The van der Waals surface area contributed by atoms with E-state index in [9.17, 15) is 14.7 Å². The Hall–Kier alpha value is -1.10. The van der Waals surface area contributed by atoms with Crippen LogP contribution in [0.25, 0.3) is 0 Å². The molecule has 0 spiro atoms. The van der Waals surface area contributed by atoms with Crippen LogP contribution in [0.3, 0.4) is 0 Å². The van der Waals surface area contributed by atoms with Crippen molar-refractivity contribution in [2.75, 3.05) is 13.7 Å². The quantitative estimate of drug-likeness (QED) is 0.853. The number of hydrogen-bond donors (Lipinski definition) is 1. The maximum absolute atomic E-state index is 12.7. The van der Waals surface area contributed by atoms with Crippen molar-refractivity contribution in [3.8, 4) is 0 Å². The second kappa shape index (κ2) is 6.12. The average Bonchev–Trinajstić information content (AvgIpc) is 3.02. The summed E-state index contributed by atoms with van der Waals surface area (Å²) in [6.45, 7) is 4.71. The van der Waals surface area contributed by atoms with Crippen LogP contribution in [0.4, 0.5) is 0 Å². The number of carboxylic acids is 1. The van der Waals surface area contributed by atoms with Gasteiger partial charge in [0.1, 0.15) is 0 Å². The van der Waals surface area contributed by atoms with Gasteiger partial charge in [0.15, 0.2) is 0 Å². The van der Waals surface area contributed by atoms with Gasteiger partial charge < -0.3 is 14.7 Å². The van der Waals surface area contributed by atoms with Gasteiger partial charge in [0, 0.05) is 13.7 Å². The standard InChI is InChI=1S/C15H25NO4/c1-4-10-7-11(12(8-10)15(18)19)14(17)16(3)13-5-6-20-9(13)2/h9-13H,4-8H2,1-3H3,(H,18,19)/t9?,10?,11-,12+,13?/m0/s1. The molecule has 2 rings (SSSR count). The molecule has 1 saturated heterocycles. The zero-order valence-electron chi connectivity index (χ0n) is 12.5. The summed E-state index contributed by atoms with van der Waals surface area (Å²) in [7, 11) is 1.79. The van der Waals surface area contributed by atoms with Gasteiger partial charge in [-0.1, -0.05) is 13.3 Å². The van der Waals surface area contributed by atoms with E-state index in [0.29, 0.717) is 25.4 Å². The van der Waals surface area contributed by atoms with Gasteiger partial charge in [0.05, 0.1) is 24.0 Å². The Morgan fingerprint density at radius 1 is 1.30 bits per heavy atom. The molecular weight excluding hydrogens is 258 g/mol. The van der Waals surface area contributed by atoms with E-state index in [1.54, 1.807) is 11.9 Å². The predicted molar refractivity (Wildman–Crippen MR) is 74.2 cm³/mol. The zero-order valence-corrected chi connectivity index (χ0v) is 12.5. The number of likely N-dealkylation sites (N-methyl/N-ethyl adjacent to an activating group) is 1. The van der Waals surface area contributed by atoms with E-state index in [1.165, 1.54) is 0 Å². The molecule has 1 N–H and O–H groups in total. The smallest absolute Gasteiger partial charge is 0.307 e. The van der Waals surface area contributed by atoms with Crippen molar-refractivity contribution < 1.29 is 19.4 Å². The van der Waals surface area contributed by atoms with Crippen LogP contribution in [0.1, 0.15) is 39.5 Å². The highest BCUT2D eigenvalue weighted by atomic mass is 16.5. The predicted octanol–water partition coefficient (Wildman–Crippen LogP) is 1.76. The summed E-state index contributed by atoms with van der Waals surface area (Å²) in [5.41, 5.74) is 0. The van der Waals surface area contributed by atoms with Gasteiger partial charge in [0.25, 0.3) is 0 Å². The van der Waals surface area contributed by atoms with Gasteiger partial charge in [0.2, 0.25) is 5.91 Å². The molecular formula is C15H25NO4. The molecule has 1 saturated carbocycles. The molecule has 5 atom stereocenters. The molecule has 1 aliphatic heterocycles. The number of carbonyl (C=O) groups excluding carboxylic acids is 1. The molecule has 0 radical (unpaired) electrons. The third-order valence-electron chi connectivity index (χ3n) is 5.05. The lowest BCUT2D eigenvalue weighted by Gasteiger charge is -2.30. The first-order valence-electron chi connectivity index (χ1n) is 7.56. The van der Waals surface area contributed by atoms with Gasteiger partial charge in [-0.3, -0.25) is 9.59 Å². The summed E-state index contributed by atoms with van der Waals surface area (Å²) in [6, 6.07) is 0.0811. The van der Waals surface area contributed by atoms with Crippen LogP contribution in [-0.4, -0.2) is 47.7 Å². The number of hydrogen-bond acceptors (Lipinski definition) is 3. The number of amides is 1. The maximum Gasteiger partial charge on any atom is 0.307 e. The number of nitrogens with zero attached hydrogens (tertiary/aromatic N) is 1. The van der Waals surface area contributed by atoms with Crippen molar-refractivity contribution in [1.82, 2.24) is 4.90 Å². The van der Waals surface area contributed by atoms with Crippen molar-refractivity contribution in [3.05, 3.63) is 0 Å². The summed E-state index contributed by atoms with van der Waals surface area (Å²) in [5, 5.41) is 9.35. The molecule has 0 aromatic heterocycles. The minimum absolute atomic E-state index is 0.0179. The van der Waals surface area contributed by atoms with E-state index in [0.717, 1.165) is 12.8 Å². The van der Waals surface area contributed by atoms with Gasteiger partial charge in [-0.25, -0.2) is 0 Å². The Balaban J connectivity index is 2.08. The van der Waals surface area contributed by atoms with Gasteiger partial charge in [-0.05, 0) is 32.1 Å². The molecule has 1 aliphatic carbocycles. The molecule has 2 fully saturated rings. The molecule has 1 heterocycles. The second-order valence-corrected chi connectivity index (χ2v) is 6.18. The number of rotatable bonds is 4. The van der Waals surface area contributed by atoms with Crippen molar-refractivity contribution >= 4 is 11.9 Å². The second-order valence-electron chi connectivity index (χ2n) is 6.18. The topological polar surface area (TPSA) is 66.8 Å². The van der Waals surface area contributed by atoms with E-state index < -0.39 is 11.9 Å². The first kappa shape index (κ1) is 15.3. The Morgan fingerprint density at radius 3 is 2.45 bits per heavy atom. The van der Waals surface area contributed by atoms with Crippen LogP contribution in [0.15, 0.2) is 0 Å². The molecule has 0 aromatic carbocycles. The number of carboxylic acid groups (broad SMARTS) is 1. The minimum Gasteiger partial charge on any atom is -0.481 e.